The van der Waals surface area contributed by atoms with Crippen LogP contribution in [0.3, 0.4) is 0 Å². The molecule has 0 amide bonds. The van der Waals surface area contributed by atoms with Crippen LogP contribution in [0.4, 0.5) is 5.69 Å². The molecule has 0 unspecified atom stereocenters. The molecule has 0 aliphatic carbocycles. The van der Waals surface area contributed by atoms with Gasteiger partial charge in [0, 0.05) is 6.07 Å². The second-order valence-electron chi connectivity index (χ2n) is 3.97. The van der Waals surface area contributed by atoms with Crippen LogP contribution in [0.25, 0.3) is 0 Å². The van der Waals surface area contributed by atoms with E-state index in [1.165, 1.54) is 0 Å². The van der Waals surface area contributed by atoms with Gasteiger partial charge in [-0.1, -0.05) is 18.2 Å². The van der Waals surface area contributed by atoms with Crippen molar-refractivity contribution < 1.29 is 19.6 Å². The minimum atomic E-state index is -1.41. The predicted molar refractivity (Wildman–Crippen MR) is 69.1 cm³/mol. The Kier molecular flexibility index (Phi) is 3.60. The maximum Gasteiger partial charge on any atom is 0.342 e. The van der Waals surface area contributed by atoms with Crippen molar-refractivity contribution in [1.29, 1.82) is 0 Å². The van der Waals surface area contributed by atoms with Crippen LogP contribution >= 0.6 is 0 Å². The average Bonchev–Trinajstić information content (AvgIpc) is 2.41. The molecule has 0 bridgehead atoms. The number of nitro groups is 1. The molecular weight excluding hydrogens is 264 g/mol. The summed E-state index contributed by atoms with van der Waals surface area (Å²) in [6, 6.07) is 8.13. The zero-order chi connectivity index (χ0) is 14.7. The van der Waals surface area contributed by atoms with Crippen molar-refractivity contribution >= 4 is 11.7 Å². The molecule has 0 atom stereocenters. The fourth-order valence-electron chi connectivity index (χ4n) is 1.59. The Balaban J connectivity index is 2.40. The highest BCUT2D eigenvalue weighted by molar-refractivity contribution is 5.92. The molecule has 0 fully saturated rings. The van der Waals surface area contributed by atoms with Crippen LogP contribution in [0.15, 0.2) is 36.5 Å². The minimum absolute atomic E-state index is 0.0118. The number of aromatic carboxylic acids is 1. The maximum atomic E-state index is 11.0. The van der Waals surface area contributed by atoms with E-state index in [9.17, 15) is 14.9 Å². The van der Waals surface area contributed by atoms with Crippen molar-refractivity contribution in [3.8, 4) is 11.6 Å². The number of para-hydroxylation sites is 1. The summed E-state index contributed by atoms with van der Waals surface area (Å²) in [5.74, 6) is -0.916. The molecular formula is C13H10N2O5. The molecule has 7 nitrogen and oxygen atoms in total. The number of carboxylic acids is 1. The summed E-state index contributed by atoms with van der Waals surface area (Å²) in [5.41, 5.74) is -0.201. The van der Waals surface area contributed by atoms with E-state index in [-0.39, 0.29) is 5.88 Å². The van der Waals surface area contributed by atoms with E-state index in [1.807, 2.05) is 19.1 Å². The number of aromatic nitrogens is 1. The van der Waals surface area contributed by atoms with E-state index in [1.54, 1.807) is 12.1 Å². The van der Waals surface area contributed by atoms with Gasteiger partial charge in [0.2, 0.25) is 5.88 Å². The summed E-state index contributed by atoms with van der Waals surface area (Å²) in [4.78, 5) is 24.7. The molecule has 102 valence electrons. The smallest absolute Gasteiger partial charge is 0.342 e. The Hall–Kier alpha value is -2.96. The first-order valence-electron chi connectivity index (χ1n) is 5.60. The summed E-state index contributed by atoms with van der Waals surface area (Å²) in [6.45, 7) is 1.82. The molecule has 0 radical (unpaired) electrons. The first-order chi connectivity index (χ1) is 9.49. The number of ether oxygens (including phenoxy) is 1. The van der Waals surface area contributed by atoms with Crippen LogP contribution in [-0.4, -0.2) is 21.0 Å². The van der Waals surface area contributed by atoms with Crippen molar-refractivity contribution in [3.05, 3.63) is 57.8 Å². The fourth-order valence-corrected chi connectivity index (χ4v) is 1.59. The van der Waals surface area contributed by atoms with Crippen LogP contribution in [0.1, 0.15) is 15.9 Å². The van der Waals surface area contributed by atoms with Gasteiger partial charge in [0.25, 0.3) is 0 Å². The number of nitrogens with zero attached hydrogens (tertiary/aromatic N) is 2. The molecule has 1 aromatic carbocycles. The fraction of sp³-hybridized carbons (Fsp3) is 0.0769. The van der Waals surface area contributed by atoms with Gasteiger partial charge >= 0.3 is 11.7 Å². The highest BCUT2D eigenvalue weighted by Gasteiger charge is 2.21. The Morgan fingerprint density at radius 1 is 1.40 bits per heavy atom. The summed E-state index contributed by atoms with van der Waals surface area (Å²) in [5, 5.41) is 19.7. The predicted octanol–water partition coefficient (Wildman–Crippen LogP) is 2.79. The number of benzene rings is 1. The lowest BCUT2D eigenvalue weighted by Gasteiger charge is -2.07. The number of rotatable bonds is 4. The van der Waals surface area contributed by atoms with Gasteiger partial charge in [0.1, 0.15) is 17.5 Å². The van der Waals surface area contributed by atoms with E-state index >= 15 is 0 Å². The molecule has 1 N–H and O–H groups in total. The number of carboxylic acid groups (broad SMARTS) is 1. The van der Waals surface area contributed by atoms with E-state index in [4.69, 9.17) is 9.84 Å². The van der Waals surface area contributed by atoms with Gasteiger partial charge in [-0.25, -0.2) is 9.78 Å². The molecule has 0 aliphatic heterocycles. The average molecular weight is 274 g/mol. The lowest BCUT2D eigenvalue weighted by Crippen LogP contribution is -2.04. The van der Waals surface area contributed by atoms with Gasteiger partial charge in [-0.2, -0.15) is 0 Å². The molecule has 7 heteroatoms. The van der Waals surface area contributed by atoms with E-state index in [0.29, 0.717) is 5.75 Å². The molecule has 20 heavy (non-hydrogen) atoms. The molecule has 0 saturated heterocycles. The number of hydrogen-bond donors (Lipinski definition) is 1. The molecule has 2 aromatic rings. The van der Waals surface area contributed by atoms with Crippen LogP contribution < -0.4 is 4.74 Å². The summed E-state index contributed by atoms with van der Waals surface area (Å²) in [7, 11) is 0. The van der Waals surface area contributed by atoms with Gasteiger partial charge in [0.15, 0.2) is 0 Å². The third-order valence-corrected chi connectivity index (χ3v) is 2.59. The summed E-state index contributed by atoms with van der Waals surface area (Å²) < 4.78 is 5.44. The van der Waals surface area contributed by atoms with Gasteiger partial charge < -0.3 is 9.84 Å². The second-order valence-corrected chi connectivity index (χ2v) is 3.97. The zero-order valence-electron chi connectivity index (χ0n) is 10.4. The summed E-state index contributed by atoms with van der Waals surface area (Å²) in [6.07, 6.45) is 0.872. The van der Waals surface area contributed by atoms with Crippen molar-refractivity contribution in [3.63, 3.8) is 0 Å². The second kappa shape index (κ2) is 5.35. The van der Waals surface area contributed by atoms with E-state index < -0.39 is 22.1 Å². The Bertz CT molecular complexity index is 684. The largest absolute Gasteiger partial charge is 0.477 e. The quantitative estimate of drug-likeness (QED) is 0.679. The third-order valence-electron chi connectivity index (χ3n) is 2.59. The van der Waals surface area contributed by atoms with Crippen LogP contribution in [0.2, 0.25) is 0 Å². The monoisotopic (exact) mass is 274 g/mol. The normalized spacial score (nSPS) is 10.1. The van der Waals surface area contributed by atoms with Gasteiger partial charge in [0.05, 0.1) is 4.92 Å². The first kappa shape index (κ1) is 13.5. The van der Waals surface area contributed by atoms with Crippen molar-refractivity contribution in [2.75, 3.05) is 0 Å². The van der Waals surface area contributed by atoms with E-state index in [0.717, 1.165) is 17.8 Å². The Labute approximate surface area is 113 Å². The van der Waals surface area contributed by atoms with Gasteiger partial charge in [-0.15, -0.1) is 0 Å². The lowest BCUT2D eigenvalue weighted by atomic mass is 10.2. The van der Waals surface area contributed by atoms with Crippen LogP contribution in [0.5, 0.6) is 11.6 Å². The standard InChI is InChI=1S/C13H10N2O5/c1-8-4-2-3-5-11(8)20-12-6-9(13(16)17)10(7-14-12)15(18)19/h2-7H,1H3,(H,16,17). The number of carbonyl (C=O) groups is 1. The minimum Gasteiger partial charge on any atom is -0.477 e. The molecule has 1 aromatic heterocycles. The topological polar surface area (TPSA) is 103 Å². The molecule has 0 spiro atoms. The maximum absolute atomic E-state index is 11.0. The van der Waals surface area contributed by atoms with Crippen molar-refractivity contribution in [1.82, 2.24) is 4.98 Å². The van der Waals surface area contributed by atoms with Crippen molar-refractivity contribution in [2.45, 2.75) is 6.92 Å². The Morgan fingerprint density at radius 2 is 2.10 bits per heavy atom. The zero-order valence-corrected chi connectivity index (χ0v) is 10.4. The third kappa shape index (κ3) is 2.72. The van der Waals surface area contributed by atoms with Gasteiger partial charge in [-0.3, -0.25) is 10.1 Å². The molecule has 1 heterocycles. The van der Waals surface area contributed by atoms with Gasteiger partial charge in [-0.05, 0) is 18.6 Å². The van der Waals surface area contributed by atoms with E-state index in [2.05, 4.69) is 4.98 Å². The Morgan fingerprint density at radius 3 is 2.70 bits per heavy atom. The molecule has 0 aliphatic rings. The number of aryl methyl sites for hydroxylation is 1. The van der Waals surface area contributed by atoms with Crippen LogP contribution in [0, 0.1) is 17.0 Å². The SMILES string of the molecule is Cc1ccccc1Oc1cc(C(=O)O)c([N+](=O)[O-])cn1. The first-order valence-corrected chi connectivity index (χ1v) is 5.60. The number of pyridine rings is 1. The van der Waals surface area contributed by atoms with Crippen LogP contribution in [-0.2, 0) is 0 Å². The highest BCUT2D eigenvalue weighted by atomic mass is 16.6. The highest BCUT2D eigenvalue weighted by Crippen LogP contribution is 2.26. The van der Waals surface area contributed by atoms with Crippen molar-refractivity contribution in [2.24, 2.45) is 0 Å². The summed E-state index contributed by atoms with van der Waals surface area (Å²) >= 11 is 0. The molecule has 2 rings (SSSR count). The molecule has 0 saturated carbocycles. The number of hydrogen-bond acceptors (Lipinski definition) is 5. The lowest BCUT2D eigenvalue weighted by molar-refractivity contribution is -0.385.